The third-order valence-electron chi connectivity index (χ3n) is 6.86. The minimum Gasteiger partial charge on any atom is -0.488 e. The third-order valence-corrected chi connectivity index (χ3v) is 8.19. The van der Waals surface area contributed by atoms with E-state index < -0.39 is 0 Å². The molecule has 2 nitrogen and oxygen atoms in total. The van der Waals surface area contributed by atoms with Crippen molar-refractivity contribution in [2.45, 2.75) is 78.2 Å². The minimum atomic E-state index is -0.0150. The van der Waals surface area contributed by atoms with E-state index in [1.807, 2.05) is 0 Å². The van der Waals surface area contributed by atoms with E-state index >= 15 is 0 Å². The van der Waals surface area contributed by atoms with Crippen LogP contribution in [-0.2, 0) is 17.4 Å². The zero-order chi connectivity index (χ0) is 25.1. The summed E-state index contributed by atoms with van der Waals surface area (Å²) in [6, 6.07) is 24.4. The summed E-state index contributed by atoms with van der Waals surface area (Å²) in [6.07, 6.45) is 3.92. The number of nitrogens with zero attached hydrogens (tertiary/aromatic N) is 1. The summed E-state index contributed by atoms with van der Waals surface area (Å²) >= 11 is 0. The Labute approximate surface area is 214 Å². The summed E-state index contributed by atoms with van der Waals surface area (Å²) in [5.41, 5.74) is 5.35. The lowest BCUT2D eigenvalue weighted by atomic mass is 9.80. The molecule has 1 aliphatic heterocycles. The topological polar surface area (TPSA) is 12.5 Å². The van der Waals surface area contributed by atoms with Crippen LogP contribution in [0.4, 0.5) is 5.69 Å². The fraction of sp³-hybridized carbons (Fsp3) is 0.438. The fourth-order valence-corrected chi connectivity index (χ4v) is 6.12. The van der Waals surface area contributed by atoms with Crippen LogP contribution in [0.25, 0.3) is 0 Å². The molecule has 0 aliphatic carbocycles. The van der Waals surface area contributed by atoms with E-state index in [2.05, 4.69) is 113 Å². The molecular formula is C32H42NOP. The molecule has 0 N–H and O–H groups in total. The Kier molecular flexibility index (Phi) is 7.92. The number of rotatable bonds is 6. The number of ether oxygens (including phenoxy) is 1. The van der Waals surface area contributed by atoms with Gasteiger partial charge in [0.15, 0.2) is 0 Å². The zero-order valence-corrected chi connectivity index (χ0v) is 23.4. The minimum absolute atomic E-state index is 0.0150. The van der Waals surface area contributed by atoms with E-state index in [-0.39, 0.29) is 10.8 Å². The lowest BCUT2D eigenvalue weighted by Gasteiger charge is -2.32. The van der Waals surface area contributed by atoms with Crippen LogP contribution < -0.4 is 20.2 Å². The molecule has 0 radical (unpaired) electrons. The molecule has 3 aromatic rings. The highest BCUT2D eigenvalue weighted by Gasteiger charge is 2.27. The number of piperidine rings is 1. The molecule has 4 rings (SSSR count). The largest absolute Gasteiger partial charge is 0.488 e. The summed E-state index contributed by atoms with van der Waals surface area (Å²) in [6.45, 7) is 16.8. The molecule has 0 spiro atoms. The van der Waals surface area contributed by atoms with Gasteiger partial charge in [0.05, 0.1) is 0 Å². The Morgan fingerprint density at radius 3 is 2.06 bits per heavy atom. The van der Waals surface area contributed by atoms with Gasteiger partial charge in [-0.3, -0.25) is 0 Å². The second-order valence-electron chi connectivity index (χ2n) is 11.9. The maximum absolute atomic E-state index is 6.70. The van der Waals surface area contributed by atoms with Crippen molar-refractivity contribution in [1.82, 2.24) is 0 Å². The number of anilines is 1. The summed E-state index contributed by atoms with van der Waals surface area (Å²) in [5, 5.41) is 2.74. The van der Waals surface area contributed by atoms with Crippen molar-refractivity contribution in [1.29, 1.82) is 0 Å². The molecular weight excluding hydrogens is 445 g/mol. The number of para-hydroxylation sites is 1. The number of benzene rings is 3. The highest BCUT2D eigenvalue weighted by Crippen LogP contribution is 2.38. The molecule has 3 aromatic carbocycles. The van der Waals surface area contributed by atoms with Crippen LogP contribution in [0, 0.1) is 0 Å². The molecule has 1 atom stereocenters. The first-order valence-corrected chi connectivity index (χ1v) is 14.1. The van der Waals surface area contributed by atoms with E-state index in [0.717, 1.165) is 18.8 Å². The van der Waals surface area contributed by atoms with Crippen molar-refractivity contribution in [2.24, 2.45) is 0 Å². The Hall–Kier alpha value is -2.31. The molecule has 35 heavy (non-hydrogen) atoms. The van der Waals surface area contributed by atoms with Crippen molar-refractivity contribution < 1.29 is 4.74 Å². The van der Waals surface area contributed by atoms with Crippen molar-refractivity contribution >= 4 is 24.9 Å². The van der Waals surface area contributed by atoms with Gasteiger partial charge in [-0.2, -0.15) is 0 Å². The van der Waals surface area contributed by atoms with Crippen molar-refractivity contribution in [3.8, 4) is 5.75 Å². The van der Waals surface area contributed by atoms with E-state index in [1.165, 1.54) is 52.2 Å². The standard InChI is InChI=1S/C32H42NOP/c1-31(2,3)25-21-26(32(4,5)6)30(34-23-24-15-9-7-10-16-24)29(22-25)35-28-18-12-11-17-27(28)33-19-13-8-14-20-33/h7,9-12,15-18,21-22,35H,8,13-14,19-20,23H2,1-6H3. The van der Waals surface area contributed by atoms with E-state index in [4.69, 9.17) is 4.74 Å². The lowest BCUT2D eigenvalue weighted by Crippen LogP contribution is -2.32. The highest BCUT2D eigenvalue weighted by atomic mass is 31.1. The Morgan fingerprint density at radius 2 is 1.40 bits per heavy atom. The van der Waals surface area contributed by atoms with Gasteiger partial charge in [0.1, 0.15) is 12.4 Å². The predicted molar refractivity (Wildman–Crippen MR) is 155 cm³/mol. The normalized spacial score (nSPS) is 15.1. The van der Waals surface area contributed by atoms with Gasteiger partial charge >= 0.3 is 0 Å². The van der Waals surface area contributed by atoms with Gasteiger partial charge in [0.2, 0.25) is 0 Å². The smallest absolute Gasteiger partial charge is 0.131 e. The Bertz CT molecular complexity index is 1120. The second-order valence-corrected chi connectivity index (χ2v) is 13.2. The summed E-state index contributed by atoms with van der Waals surface area (Å²) < 4.78 is 6.70. The van der Waals surface area contributed by atoms with Crippen molar-refractivity contribution in [2.75, 3.05) is 18.0 Å². The van der Waals surface area contributed by atoms with Crippen LogP contribution in [0.5, 0.6) is 5.75 Å². The van der Waals surface area contributed by atoms with Gasteiger partial charge in [-0.15, -0.1) is 0 Å². The quantitative estimate of drug-likeness (QED) is 0.334. The van der Waals surface area contributed by atoms with Crippen LogP contribution in [0.1, 0.15) is 77.5 Å². The monoisotopic (exact) mass is 487 g/mol. The average molecular weight is 488 g/mol. The Morgan fingerprint density at radius 1 is 0.743 bits per heavy atom. The van der Waals surface area contributed by atoms with Gasteiger partial charge in [-0.1, -0.05) is 105 Å². The van der Waals surface area contributed by atoms with E-state index in [9.17, 15) is 0 Å². The first kappa shape index (κ1) is 25.8. The van der Waals surface area contributed by atoms with Crippen LogP contribution in [0.2, 0.25) is 0 Å². The maximum Gasteiger partial charge on any atom is 0.131 e. The van der Waals surface area contributed by atoms with Crippen molar-refractivity contribution in [3.63, 3.8) is 0 Å². The third kappa shape index (κ3) is 6.47. The predicted octanol–water partition coefficient (Wildman–Crippen LogP) is 7.48. The molecule has 1 fully saturated rings. The molecule has 186 valence electrons. The van der Waals surface area contributed by atoms with Crippen LogP contribution in [0.15, 0.2) is 66.7 Å². The van der Waals surface area contributed by atoms with Gasteiger partial charge in [0.25, 0.3) is 0 Å². The molecule has 1 unspecified atom stereocenters. The van der Waals surface area contributed by atoms with Crippen molar-refractivity contribution in [3.05, 3.63) is 83.4 Å². The van der Waals surface area contributed by atoms with Gasteiger partial charge in [-0.25, -0.2) is 0 Å². The van der Waals surface area contributed by atoms with Crippen LogP contribution >= 0.6 is 8.58 Å². The maximum atomic E-state index is 6.70. The summed E-state index contributed by atoms with van der Waals surface area (Å²) in [7, 11) is 0.551. The summed E-state index contributed by atoms with van der Waals surface area (Å²) in [4.78, 5) is 2.59. The SMILES string of the molecule is CC(C)(C)c1cc(Pc2ccccc2N2CCCCC2)c(OCc2ccccc2)c(C(C)(C)C)c1. The second kappa shape index (κ2) is 10.8. The number of hydrogen-bond acceptors (Lipinski definition) is 2. The van der Waals surface area contributed by atoms with Gasteiger partial charge in [-0.05, 0) is 53.4 Å². The lowest BCUT2D eigenvalue weighted by molar-refractivity contribution is 0.300. The molecule has 0 bridgehead atoms. The molecule has 0 saturated carbocycles. The van der Waals surface area contributed by atoms with Crippen LogP contribution in [0.3, 0.4) is 0 Å². The zero-order valence-electron chi connectivity index (χ0n) is 22.4. The average Bonchev–Trinajstić information content (AvgIpc) is 2.83. The van der Waals surface area contributed by atoms with Gasteiger partial charge < -0.3 is 9.64 Å². The Balaban J connectivity index is 1.80. The first-order chi connectivity index (χ1) is 16.6. The molecule has 0 amide bonds. The van der Waals surface area contributed by atoms with E-state index in [1.54, 1.807) is 0 Å². The molecule has 1 aliphatic rings. The molecule has 1 saturated heterocycles. The molecule has 1 heterocycles. The molecule has 3 heteroatoms. The van der Waals surface area contributed by atoms with Crippen LogP contribution in [-0.4, -0.2) is 13.1 Å². The fourth-order valence-electron chi connectivity index (χ4n) is 4.73. The highest BCUT2D eigenvalue weighted by molar-refractivity contribution is 7.56. The van der Waals surface area contributed by atoms with E-state index in [0.29, 0.717) is 15.2 Å². The number of hydrogen-bond donors (Lipinski definition) is 0. The summed E-state index contributed by atoms with van der Waals surface area (Å²) in [5.74, 6) is 1.07. The molecule has 0 aromatic heterocycles. The first-order valence-electron chi connectivity index (χ1n) is 13.1. The van der Waals surface area contributed by atoms with Gasteiger partial charge in [0, 0.05) is 34.9 Å².